The van der Waals surface area contributed by atoms with Crippen molar-refractivity contribution in [2.75, 3.05) is 6.54 Å². The largest absolute Gasteiger partial charge is 0.481 e. The van der Waals surface area contributed by atoms with Gasteiger partial charge in [0.15, 0.2) is 0 Å². The first-order chi connectivity index (χ1) is 10.1. The summed E-state index contributed by atoms with van der Waals surface area (Å²) in [5.41, 5.74) is 1.15. The summed E-state index contributed by atoms with van der Waals surface area (Å²) in [6, 6.07) is 4.16. The second-order valence-corrected chi connectivity index (χ2v) is 6.23. The number of rotatable bonds is 3. The van der Waals surface area contributed by atoms with Crippen molar-refractivity contribution < 1.29 is 14.7 Å². The van der Waals surface area contributed by atoms with Crippen LogP contribution in [0.15, 0.2) is 18.3 Å². The van der Waals surface area contributed by atoms with Crippen LogP contribution in [0.3, 0.4) is 0 Å². The Morgan fingerprint density at radius 3 is 2.67 bits per heavy atom. The maximum absolute atomic E-state index is 12.7. The minimum atomic E-state index is -0.835. The van der Waals surface area contributed by atoms with Gasteiger partial charge in [-0.3, -0.25) is 9.59 Å². The van der Waals surface area contributed by atoms with Crippen LogP contribution in [0.2, 0.25) is 0 Å². The molecule has 5 nitrogen and oxygen atoms in total. The number of aliphatic carboxylic acids is 1. The number of hydrogen-bond acceptors (Lipinski definition) is 2. The van der Waals surface area contributed by atoms with E-state index in [1.54, 1.807) is 0 Å². The predicted molar refractivity (Wildman–Crippen MR) is 77.6 cm³/mol. The summed E-state index contributed by atoms with van der Waals surface area (Å²) >= 11 is 0. The Morgan fingerprint density at radius 1 is 1.24 bits per heavy atom. The molecule has 0 aromatic carbocycles. The zero-order valence-electron chi connectivity index (χ0n) is 12.4. The van der Waals surface area contributed by atoms with E-state index < -0.39 is 11.9 Å². The van der Waals surface area contributed by atoms with Gasteiger partial charge in [0.05, 0.1) is 17.9 Å². The van der Waals surface area contributed by atoms with Crippen LogP contribution < -0.4 is 0 Å². The van der Waals surface area contributed by atoms with E-state index >= 15 is 0 Å². The van der Waals surface area contributed by atoms with Crippen LogP contribution in [0, 0.1) is 11.8 Å². The third-order valence-electron chi connectivity index (χ3n) is 4.79. The molecule has 3 atom stereocenters. The lowest BCUT2D eigenvalue weighted by Crippen LogP contribution is -2.37. The van der Waals surface area contributed by atoms with Crippen LogP contribution in [-0.4, -0.2) is 33.0 Å². The van der Waals surface area contributed by atoms with Crippen LogP contribution in [0.4, 0.5) is 0 Å². The molecule has 2 heterocycles. The summed E-state index contributed by atoms with van der Waals surface area (Å²) in [5, 5.41) is 9.05. The van der Waals surface area contributed by atoms with E-state index in [2.05, 4.69) is 10.6 Å². The number of aromatic nitrogens is 1. The number of carbonyl (C=O) groups excluding carboxylic acids is 1. The number of aryl methyl sites for hydroxylation is 1. The van der Waals surface area contributed by atoms with E-state index in [1.165, 1.54) is 0 Å². The van der Waals surface area contributed by atoms with Crippen LogP contribution in [-0.2, 0) is 16.6 Å². The van der Waals surface area contributed by atoms with Crippen LogP contribution in [0.1, 0.15) is 43.8 Å². The van der Waals surface area contributed by atoms with Crippen LogP contribution in [0.25, 0.3) is 0 Å². The Kier molecular flexibility index (Phi) is 3.74. The molecule has 2 fully saturated rings. The first-order valence-electron chi connectivity index (χ1n) is 7.74. The molecule has 1 saturated carbocycles. The molecule has 114 valence electrons. The molecule has 1 aromatic rings. The van der Waals surface area contributed by atoms with Crippen LogP contribution >= 0.6 is 0 Å². The van der Waals surface area contributed by atoms with Gasteiger partial charge in [-0.1, -0.05) is 12.8 Å². The van der Waals surface area contributed by atoms with E-state index in [1.807, 2.05) is 24.2 Å². The standard InChI is InChI=1S/C16H22N2O3/c1-17-8-5-7-13(17)14-6-3-2-4-9-18(14)15(19)11-10-12(11)16(20)21/h5,7-8,11-12,14H,2-4,6,9-10H2,1H3,(H,20,21)/t11-,12+,14?/m1/s1. The second kappa shape index (κ2) is 5.54. The van der Waals surface area contributed by atoms with Gasteiger partial charge in [-0.15, -0.1) is 0 Å². The molecule has 0 spiro atoms. The van der Waals surface area contributed by atoms with Gasteiger partial charge in [0, 0.05) is 25.5 Å². The minimum absolute atomic E-state index is 0.0375. The maximum Gasteiger partial charge on any atom is 0.307 e. The van der Waals surface area contributed by atoms with Gasteiger partial charge in [0.2, 0.25) is 5.91 Å². The highest BCUT2D eigenvalue weighted by atomic mass is 16.4. The fourth-order valence-corrected chi connectivity index (χ4v) is 3.45. The normalized spacial score (nSPS) is 29.0. The molecule has 3 rings (SSSR count). The fourth-order valence-electron chi connectivity index (χ4n) is 3.45. The average Bonchev–Trinajstić information content (AvgIpc) is 3.20. The summed E-state index contributed by atoms with van der Waals surface area (Å²) in [7, 11) is 2.00. The first-order valence-corrected chi connectivity index (χ1v) is 7.74. The summed E-state index contributed by atoms with van der Waals surface area (Å²) in [5.74, 6) is -1.56. The molecular formula is C16H22N2O3. The van der Waals surface area contributed by atoms with Crippen molar-refractivity contribution in [2.45, 2.75) is 38.1 Å². The van der Waals surface area contributed by atoms with Crippen molar-refractivity contribution >= 4 is 11.9 Å². The summed E-state index contributed by atoms with van der Waals surface area (Å²) in [4.78, 5) is 25.7. The Bertz CT molecular complexity index is 551. The van der Waals surface area contributed by atoms with Crippen molar-refractivity contribution in [1.82, 2.24) is 9.47 Å². The van der Waals surface area contributed by atoms with Crippen LogP contribution in [0.5, 0.6) is 0 Å². The molecule has 5 heteroatoms. The van der Waals surface area contributed by atoms with E-state index in [0.29, 0.717) is 6.42 Å². The maximum atomic E-state index is 12.7. The van der Waals surface area contributed by atoms with Crippen molar-refractivity contribution in [2.24, 2.45) is 18.9 Å². The smallest absolute Gasteiger partial charge is 0.307 e. The Morgan fingerprint density at radius 2 is 2.05 bits per heavy atom. The van der Waals surface area contributed by atoms with Crippen molar-refractivity contribution in [3.63, 3.8) is 0 Å². The third-order valence-corrected chi connectivity index (χ3v) is 4.79. The molecule has 2 aliphatic rings. The van der Waals surface area contributed by atoms with Crippen molar-refractivity contribution in [1.29, 1.82) is 0 Å². The predicted octanol–water partition coefficient (Wildman–Crippen LogP) is 2.19. The SMILES string of the molecule is Cn1cccc1C1CCCCCN1C(=O)[C@@H]1C[C@@H]1C(=O)O. The topological polar surface area (TPSA) is 62.5 Å². The Hall–Kier alpha value is -1.78. The Labute approximate surface area is 124 Å². The highest BCUT2D eigenvalue weighted by Gasteiger charge is 2.50. The molecule has 21 heavy (non-hydrogen) atoms. The van der Waals surface area contributed by atoms with Gasteiger partial charge >= 0.3 is 5.97 Å². The second-order valence-electron chi connectivity index (χ2n) is 6.23. The summed E-state index contributed by atoms with van der Waals surface area (Å²) in [6.45, 7) is 0.748. The molecule has 1 unspecified atom stereocenters. The quantitative estimate of drug-likeness (QED) is 0.928. The highest BCUT2D eigenvalue weighted by molar-refractivity contribution is 5.89. The zero-order valence-corrected chi connectivity index (χ0v) is 12.4. The van der Waals surface area contributed by atoms with Crippen molar-refractivity contribution in [3.8, 4) is 0 Å². The number of carbonyl (C=O) groups is 2. The summed E-state index contributed by atoms with van der Waals surface area (Å²) < 4.78 is 2.07. The molecule has 1 N–H and O–H groups in total. The molecule has 1 aliphatic carbocycles. The lowest BCUT2D eigenvalue weighted by molar-refractivity contribution is -0.142. The number of hydrogen-bond donors (Lipinski definition) is 1. The van der Waals surface area contributed by atoms with Gasteiger partial charge in [-0.2, -0.15) is 0 Å². The number of carboxylic acids is 1. The van der Waals surface area contributed by atoms with E-state index in [9.17, 15) is 9.59 Å². The molecule has 1 saturated heterocycles. The average molecular weight is 290 g/mol. The lowest BCUT2D eigenvalue weighted by atomic mass is 10.1. The molecule has 1 aromatic heterocycles. The monoisotopic (exact) mass is 290 g/mol. The Balaban J connectivity index is 1.81. The number of likely N-dealkylation sites (tertiary alicyclic amines) is 1. The van der Waals surface area contributed by atoms with Gasteiger partial charge < -0.3 is 14.6 Å². The van der Waals surface area contributed by atoms with Gasteiger partial charge in [-0.05, 0) is 31.4 Å². The molecular weight excluding hydrogens is 268 g/mol. The molecule has 1 amide bonds. The van der Waals surface area contributed by atoms with Gasteiger partial charge in [0.25, 0.3) is 0 Å². The fraction of sp³-hybridized carbons (Fsp3) is 0.625. The third kappa shape index (κ3) is 2.69. The molecule has 0 radical (unpaired) electrons. The lowest BCUT2D eigenvalue weighted by Gasteiger charge is -2.31. The number of nitrogens with zero attached hydrogens (tertiary/aromatic N) is 2. The zero-order chi connectivity index (χ0) is 15.0. The van der Waals surface area contributed by atoms with Gasteiger partial charge in [-0.25, -0.2) is 0 Å². The number of amides is 1. The van der Waals surface area contributed by atoms with Crippen molar-refractivity contribution in [3.05, 3.63) is 24.0 Å². The van der Waals surface area contributed by atoms with Gasteiger partial charge in [0.1, 0.15) is 0 Å². The van der Waals surface area contributed by atoms with E-state index in [0.717, 1.165) is 37.9 Å². The number of carboxylic acid groups (broad SMARTS) is 1. The first kappa shape index (κ1) is 14.2. The highest BCUT2D eigenvalue weighted by Crippen LogP contribution is 2.42. The van der Waals surface area contributed by atoms with E-state index in [-0.39, 0.29) is 17.9 Å². The molecule has 1 aliphatic heterocycles. The molecule has 0 bridgehead atoms. The van der Waals surface area contributed by atoms with E-state index in [4.69, 9.17) is 5.11 Å². The minimum Gasteiger partial charge on any atom is -0.481 e. The summed E-state index contributed by atoms with van der Waals surface area (Å²) in [6.07, 6.45) is 6.74.